The molecule has 1 aliphatic rings. The fourth-order valence-electron chi connectivity index (χ4n) is 1.34. The maximum atomic E-state index is 8.83. The van der Waals surface area contributed by atoms with Crippen molar-refractivity contribution < 1.29 is 0 Å². The smallest absolute Gasteiger partial charge is 0.103 e. The molecular formula is C11H13N3. The number of pyridine rings is 1. The van der Waals surface area contributed by atoms with Gasteiger partial charge >= 0.3 is 0 Å². The lowest BCUT2D eigenvalue weighted by molar-refractivity contribution is 0.610. The molecule has 0 spiro atoms. The molecule has 1 aromatic rings. The number of aromatic nitrogens is 1. The first-order valence-corrected chi connectivity index (χ1v) is 4.81. The van der Waals surface area contributed by atoms with Crippen LogP contribution in [0.4, 0.5) is 5.69 Å². The van der Waals surface area contributed by atoms with Gasteiger partial charge < -0.3 is 5.32 Å². The summed E-state index contributed by atoms with van der Waals surface area (Å²) in [5.74, 6) is 0. The van der Waals surface area contributed by atoms with E-state index in [0.29, 0.717) is 11.0 Å². The van der Waals surface area contributed by atoms with Crippen LogP contribution in [-0.4, -0.2) is 11.5 Å². The topological polar surface area (TPSA) is 48.7 Å². The number of nitrogens with zero attached hydrogens (tertiary/aromatic N) is 2. The Labute approximate surface area is 83.8 Å². The van der Waals surface area contributed by atoms with E-state index in [1.54, 1.807) is 12.4 Å². The van der Waals surface area contributed by atoms with Gasteiger partial charge in [0.2, 0.25) is 0 Å². The van der Waals surface area contributed by atoms with Crippen LogP contribution in [-0.2, 0) is 0 Å². The van der Waals surface area contributed by atoms with E-state index < -0.39 is 0 Å². The highest BCUT2D eigenvalue weighted by Crippen LogP contribution is 2.44. The van der Waals surface area contributed by atoms with E-state index in [1.807, 2.05) is 6.07 Å². The summed E-state index contributed by atoms with van der Waals surface area (Å²) in [5, 5.41) is 12.1. The Kier molecular flexibility index (Phi) is 2.12. The molecule has 1 aromatic heterocycles. The summed E-state index contributed by atoms with van der Waals surface area (Å²) in [6, 6.07) is 3.98. The van der Waals surface area contributed by atoms with Crippen molar-refractivity contribution >= 4 is 5.69 Å². The summed E-state index contributed by atoms with van der Waals surface area (Å²) in [7, 11) is 0. The van der Waals surface area contributed by atoms with Crippen LogP contribution >= 0.6 is 0 Å². The van der Waals surface area contributed by atoms with Gasteiger partial charge in [-0.15, -0.1) is 0 Å². The summed E-state index contributed by atoms with van der Waals surface area (Å²) < 4.78 is 0. The van der Waals surface area contributed by atoms with Crippen LogP contribution in [0.2, 0.25) is 0 Å². The van der Waals surface area contributed by atoms with Crippen molar-refractivity contribution in [3.8, 4) is 6.07 Å². The van der Waals surface area contributed by atoms with Gasteiger partial charge in [-0.2, -0.15) is 5.26 Å². The zero-order valence-corrected chi connectivity index (χ0v) is 8.25. The lowest BCUT2D eigenvalue weighted by Gasteiger charge is -2.11. The zero-order chi connectivity index (χ0) is 10.0. The number of nitrogens with one attached hydrogen (secondary N) is 1. The number of anilines is 1. The van der Waals surface area contributed by atoms with E-state index in [4.69, 9.17) is 5.26 Å². The minimum absolute atomic E-state index is 0.454. The first-order chi connectivity index (χ1) is 6.73. The minimum atomic E-state index is 0.454. The maximum absolute atomic E-state index is 8.83. The van der Waals surface area contributed by atoms with Crippen molar-refractivity contribution in [1.82, 2.24) is 4.98 Å². The van der Waals surface area contributed by atoms with E-state index in [1.165, 1.54) is 12.8 Å². The highest BCUT2D eigenvalue weighted by Gasteiger charge is 2.36. The van der Waals surface area contributed by atoms with E-state index in [0.717, 1.165) is 12.2 Å². The van der Waals surface area contributed by atoms with Gasteiger partial charge in [0.1, 0.15) is 6.07 Å². The fraction of sp³-hybridized carbons (Fsp3) is 0.455. The summed E-state index contributed by atoms with van der Waals surface area (Å²) >= 11 is 0. The molecule has 0 radical (unpaired) electrons. The van der Waals surface area contributed by atoms with E-state index in [-0.39, 0.29) is 0 Å². The number of hydrogen-bond acceptors (Lipinski definition) is 3. The van der Waals surface area contributed by atoms with Crippen molar-refractivity contribution in [2.75, 3.05) is 11.9 Å². The second kappa shape index (κ2) is 3.30. The zero-order valence-electron chi connectivity index (χ0n) is 8.25. The van der Waals surface area contributed by atoms with Crippen LogP contribution in [0.1, 0.15) is 25.3 Å². The molecule has 0 unspecified atom stereocenters. The van der Waals surface area contributed by atoms with Gasteiger partial charge in [-0.05, 0) is 24.3 Å². The summed E-state index contributed by atoms with van der Waals surface area (Å²) in [5.41, 5.74) is 1.98. The molecule has 0 bridgehead atoms. The average Bonchev–Trinajstić information content (AvgIpc) is 2.95. The number of rotatable bonds is 3. The van der Waals surface area contributed by atoms with Gasteiger partial charge in [-0.3, -0.25) is 4.98 Å². The molecular weight excluding hydrogens is 174 g/mol. The van der Waals surface area contributed by atoms with Crippen LogP contribution in [0.15, 0.2) is 18.5 Å². The van der Waals surface area contributed by atoms with Crippen LogP contribution in [0.5, 0.6) is 0 Å². The van der Waals surface area contributed by atoms with E-state index >= 15 is 0 Å². The fourth-order valence-corrected chi connectivity index (χ4v) is 1.34. The standard InChI is InChI=1S/C11H13N3/c1-11(3-4-11)8-14-10-2-5-13-7-9(10)6-12/h2,5,7H,3-4,8H2,1H3,(H,13,14). The quantitative estimate of drug-likeness (QED) is 0.788. The molecule has 2 rings (SSSR count). The molecule has 3 nitrogen and oxygen atoms in total. The third-order valence-corrected chi connectivity index (χ3v) is 2.75. The lowest BCUT2D eigenvalue weighted by Crippen LogP contribution is -2.12. The molecule has 0 saturated heterocycles. The van der Waals surface area contributed by atoms with Crippen molar-refractivity contribution in [3.05, 3.63) is 24.0 Å². The molecule has 14 heavy (non-hydrogen) atoms. The molecule has 72 valence electrons. The highest BCUT2D eigenvalue weighted by atomic mass is 14.9. The first-order valence-electron chi connectivity index (χ1n) is 4.81. The number of hydrogen-bond donors (Lipinski definition) is 1. The molecule has 1 fully saturated rings. The Hall–Kier alpha value is -1.56. The van der Waals surface area contributed by atoms with E-state index in [2.05, 4.69) is 23.3 Å². The normalized spacial score (nSPS) is 17.1. The third kappa shape index (κ3) is 1.85. The highest BCUT2D eigenvalue weighted by molar-refractivity contribution is 5.55. The van der Waals surface area contributed by atoms with Crippen LogP contribution in [0.25, 0.3) is 0 Å². The van der Waals surface area contributed by atoms with Crippen LogP contribution < -0.4 is 5.32 Å². The Bertz CT molecular complexity index is 374. The predicted molar refractivity (Wildman–Crippen MR) is 54.8 cm³/mol. The van der Waals surface area contributed by atoms with Crippen molar-refractivity contribution in [3.63, 3.8) is 0 Å². The first kappa shape index (κ1) is 9.01. The molecule has 3 heteroatoms. The maximum Gasteiger partial charge on any atom is 0.103 e. The minimum Gasteiger partial charge on any atom is -0.383 e. The molecule has 0 aliphatic heterocycles. The molecule has 1 saturated carbocycles. The van der Waals surface area contributed by atoms with Gasteiger partial charge in [0.25, 0.3) is 0 Å². The summed E-state index contributed by atoms with van der Waals surface area (Å²) in [4.78, 5) is 3.91. The molecule has 0 amide bonds. The van der Waals surface area contributed by atoms with Gasteiger partial charge in [-0.1, -0.05) is 6.92 Å². The third-order valence-electron chi connectivity index (χ3n) is 2.75. The van der Waals surface area contributed by atoms with Gasteiger partial charge in [0.15, 0.2) is 0 Å². The predicted octanol–water partition coefficient (Wildman–Crippen LogP) is 2.17. The van der Waals surface area contributed by atoms with Crippen LogP contribution in [0.3, 0.4) is 0 Å². The Morgan fingerprint density at radius 1 is 1.64 bits per heavy atom. The van der Waals surface area contributed by atoms with Gasteiger partial charge in [-0.25, -0.2) is 0 Å². The second-order valence-electron chi connectivity index (χ2n) is 4.20. The number of nitriles is 1. The van der Waals surface area contributed by atoms with E-state index in [9.17, 15) is 0 Å². The van der Waals surface area contributed by atoms with Gasteiger partial charge in [0.05, 0.1) is 11.3 Å². The second-order valence-corrected chi connectivity index (χ2v) is 4.20. The van der Waals surface area contributed by atoms with Crippen LogP contribution in [0, 0.1) is 16.7 Å². The van der Waals surface area contributed by atoms with Crippen molar-refractivity contribution in [2.45, 2.75) is 19.8 Å². The monoisotopic (exact) mass is 187 g/mol. The van der Waals surface area contributed by atoms with Crippen molar-refractivity contribution in [2.24, 2.45) is 5.41 Å². The Morgan fingerprint density at radius 2 is 2.43 bits per heavy atom. The average molecular weight is 187 g/mol. The van der Waals surface area contributed by atoms with Crippen molar-refractivity contribution in [1.29, 1.82) is 5.26 Å². The Morgan fingerprint density at radius 3 is 3.07 bits per heavy atom. The SMILES string of the molecule is CC1(CNc2ccncc2C#N)CC1. The summed E-state index contributed by atoms with van der Waals surface area (Å²) in [6.07, 6.45) is 5.87. The molecule has 1 aliphatic carbocycles. The molecule has 0 aromatic carbocycles. The summed E-state index contributed by atoms with van der Waals surface area (Å²) in [6.45, 7) is 3.21. The lowest BCUT2D eigenvalue weighted by atomic mass is 10.1. The van der Waals surface area contributed by atoms with Gasteiger partial charge in [0, 0.05) is 18.9 Å². The Balaban J connectivity index is 2.05. The molecule has 1 heterocycles. The molecule has 1 N–H and O–H groups in total. The largest absolute Gasteiger partial charge is 0.383 e. The molecule has 0 atom stereocenters.